The maximum absolute atomic E-state index is 13.5. The molecule has 2 aromatic rings. The molecule has 1 heterocycles. The van der Waals surface area contributed by atoms with E-state index in [2.05, 4.69) is 35.7 Å². The monoisotopic (exact) mass is 600 g/mol. The minimum atomic E-state index is -5.08. The minimum absolute atomic E-state index is 0.0631. The number of carboxylic acid groups (broad SMARTS) is 1. The van der Waals surface area contributed by atoms with E-state index in [1.54, 1.807) is 24.3 Å². The number of hydrogen-bond acceptors (Lipinski definition) is 6. The third-order valence-electron chi connectivity index (χ3n) is 6.49. The second kappa shape index (κ2) is 15.1. The van der Waals surface area contributed by atoms with Gasteiger partial charge in [-0.25, -0.2) is 13.2 Å². The lowest BCUT2D eigenvalue weighted by molar-refractivity contribution is -0.192. The van der Waals surface area contributed by atoms with E-state index in [4.69, 9.17) is 9.90 Å². The summed E-state index contributed by atoms with van der Waals surface area (Å²) in [6.45, 7) is 12.8. The molecule has 1 saturated heterocycles. The van der Waals surface area contributed by atoms with Crippen molar-refractivity contribution in [3.63, 3.8) is 0 Å². The topological polar surface area (TPSA) is 119 Å². The van der Waals surface area contributed by atoms with Crippen LogP contribution in [0.4, 0.5) is 24.5 Å². The van der Waals surface area contributed by atoms with Crippen molar-refractivity contribution in [2.45, 2.75) is 57.5 Å². The van der Waals surface area contributed by atoms with Crippen molar-refractivity contribution < 1.29 is 36.3 Å². The summed E-state index contributed by atoms with van der Waals surface area (Å²) in [4.78, 5) is 26.7. The largest absolute Gasteiger partial charge is 0.490 e. The second-order valence-corrected chi connectivity index (χ2v) is 11.5. The van der Waals surface area contributed by atoms with Crippen molar-refractivity contribution >= 4 is 33.3 Å². The predicted octanol–water partition coefficient (Wildman–Crippen LogP) is 4.92. The Kier molecular flexibility index (Phi) is 12.4. The Morgan fingerprint density at radius 1 is 1.07 bits per heavy atom. The average Bonchev–Trinajstić information content (AvgIpc) is 2.93. The Bertz CT molecular complexity index is 1260. The van der Waals surface area contributed by atoms with Crippen molar-refractivity contribution in [1.29, 1.82) is 0 Å². The van der Waals surface area contributed by atoms with Gasteiger partial charge in [0.1, 0.15) is 0 Å². The van der Waals surface area contributed by atoms with Crippen molar-refractivity contribution in [3.8, 4) is 0 Å². The second-order valence-electron chi connectivity index (χ2n) is 9.84. The molecule has 0 atom stereocenters. The van der Waals surface area contributed by atoms with Gasteiger partial charge in [-0.05, 0) is 55.2 Å². The van der Waals surface area contributed by atoms with Crippen LogP contribution in [0.3, 0.4) is 0 Å². The van der Waals surface area contributed by atoms with Gasteiger partial charge in [-0.3, -0.25) is 9.52 Å². The molecule has 2 aromatic carbocycles. The fourth-order valence-electron chi connectivity index (χ4n) is 4.12. The van der Waals surface area contributed by atoms with E-state index in [0.717, 1.165) is 50.3 Å². The summed E-state index contributed by atoms with van der Waals surface area (Å²) in [7, 11) is -3.77. The van der Waals surface area contributed by atoms with Crippen LogP contribution in [0.2, 0.25) is 0 Å². The highest BCUT2D eigenvalue weighted by Gasteiger charge is 2.38. The molecule has 3 N–H and O–H groups in total. The number of carbonyl (C=O) groups excluding carboxylic acids is 1. The molecular formula is C28H39F3N4O5S. The zero-order valence-electron chi connectivity index (χ0n) is 23.8. The van der Waals surface area contributed by atoms with Gasteiger partial charge in [-0.2, -0.15) is 13.2 Å². The Labute approximate surface area is 239 Å². The fraction of sp³-hybridized carbons (Fsp3) is 0.500. The summed E-state index contributed by atoms with van der Waals surface area (Å²) >= 11 is 0. The van der Waals surface area contributed by atoms with Crippen molar-refractivity contribution in [2.24, 2.45) is 0 Å². The van der Waals surface area contributed by atoms with Crippen LogP contribution < -0.4 is 14.9 Å². The lowest BCUT2D eigenvalue weighted by Crippen LogP contribution is -2.44. The summed E-state index contributed by atoms with van der Waals surface area (Å²) in [6, 6.07) is 12.2. The molecular weight excluding hydrogens is 561 g/mol. The molecule has 1 fully saturated rings. The summed E-state index contributed by atoms with van der Waals surface area (Å²) in [5.41, 5.74) is 2.86. The Hall–Kier alpha value is -3.32. The third kappa shape index (κ3) is 9.92. The number of benzene rings is 2. The molecule has 1 amide bonds. The van der Waals surface area contributed by atoms with Crippen LogP contribution in [0.25, 0.3) is 0 Å². The first kappa shape index (κ1) is 33.9. The summed E-state index contributed by atoms with van der Waals surface area (Å²) < 4.78 is 60.5. The highest BCUT2D eigenvalue weighted by Crippen LogP contribution is 2.28. The molecule has 13 heteroatoms. The number of piperazine rings is 1. The number of rotatable bonds is 10. The number of unbranched alkanes of at least 4 members (excludes halogenated alkanes) is 1. The van der Waals surface area contributed by atoms with Crippen molar-refractivity contribution in [3.05, 3.63) is 53.6 Å². The Balaban J connectivity index is 0.000000745. The number of nitrogens with zero attached hydrogens (tertiary/aromatic N) is 2. The number of anilines is 2. The number of carbonyl (C=O) groups is 2. The van der Waals surface area contributed by atoms with E-state index < -0.39 is 22.2 Å². The molecule has 0 unspecified atom stereocenters. The van der Waals surface area contributed by atoms with Crippen LogP contribution in [0.15, 0.2) is 47.4 Å². The zero-order chi connectivity index (χ0) is 30.8. The average molecular weight is 601 g/mol. The zero-order valence-corrected chi connectivity index (χ0v) is 24.6. The normalized spacial score (nSPS) is 13.8. The van der Waals surface area contributed by atoms with E-state index >= 15 is 0 Å². The molecule has 9 nitrogen and oxygen atoms in total. The van der Waals surface area contributed by atoms with E-state index in [1.165, 1.54) is 0 Å². The van der Waals surface area contributed by atoms with Crippen molar-refractivity contribution in [1.82, 2.24) is 10.2 Å². The van der Waals surface area contributed by atoms with E-state index in [-0.39, 0.29) is 10.8 Å². The van der Waals surface area contributed by atoms with Gasteiger partial charge in [-0.1, -0.05) is 39.3 Å². The number of hydrogen-bond donors (Lipinski definition) is 3. The number of sulfonamides is 1. The number of amides is 1. The van der Waals surface area contributed by atoms with Crippen LogP contribution >= 0.6 is 0 Å². The summed E-state index contributed by atoms with van der Waals surface area (Å²) in [6.07, 6.45) is -3.15. The maximum atomic E-state index is 13.5. The molecule has 0 spiro atoms. The molecule has 1 aliphatic heterocycles. The van der Waals surface area contributed by atoms with Crippen LogP contribution in [-0.2, 0) is 14.8 Å². The Morgan fingerprint density at radius 3 is 2.15 bits per heavy atom. The number of carboxylic acids is 1. The number of aliphatic carboxylic acids is 1. The standard InChI is InChI=1S/C26H38N4O3S.C2HF3O2/c1-5-7-16-29(6-2)26(31)24-19-22(10-13-25(24)30-17-14-27-15-18-30)28-34(32,33)23-11-8-21(9-12-23)20(3)4;3-2(4,5)1(6)7/h8-13,19-20,27-28H,5-7,14-18H2,1-4H3;(H,6,7). The van der Waals surface area contributed by atoms with Gasteiger partial charge in [0.15, 0.2) is 0 Å². The first-order valence-corrected chi connectivity index (χ1v) is 15.0. The molecule has 0 bridgehead atoms. The van der Waals surface area contributed by atoms with E-state index in [1.807, 2.05) is 30.0 Å². The van der Waals surface area contributed by atoms with Crippen LogP contribution in [0.5, 0.6) is 0 Å². The lowest BCUT2D eigenvalue weighted by Gasteiger charge is -2.32. The summed E-state index contributed by atoms with van der Waals surface area (Å²) in [5, 5.41) is 10.5. The van der Waals surface area contributed by atoms with Gasteiger partial charge in [-0.15, -0.1) is 0 Å². The van der Waals surface area contributed by atoms with Gasteiger partial charge in [0, 0.05) is 50.6 Å². The molecule has 41 heavy (non-hydrogen) atoms. The predicted molar refractivity (Wildman–Crippen MR) is 153 cm³/mol. The first-order chi connectivity index (χ1) is 19.2. The number of nitrogens with one attached hydrogen (secondary N) is 2. The highest BCUT2D eigenvalue weighted by atomic mass is 32.2. The van der Waals surface area contributed by atoms with Gasteiger partial charge in [0.25, 0.3) is 15.9 Å². The minimum Gasteiger partial charge on any atom is -0.475 e. The smallest absolute Gasteiger partial charge is 0.475 e. The van der Waals surface area contributed by atoms with E-state index in [0.29, 0.717) is 30.3 Å². The SMILES string of the molecule is CCCCN(CC)C(=O)c1cc(NS(=O)(=O)c2ccc(C(C)C)cc2)ccc1N1CCNCC1.O=C(O)C(F)(F)F. The molecule has 0 aliphatic carbocycles. The number of alkyl halides is 3. The quantitative estimate of drug-likeness (QED) is 0.354. The van der Waals surface area contributed by atoms with E-state index in [9.17, 15) is 26.4 Å². The van der Waals surface area contributed by atoms with Gasteiger partial charge in [0.05, 0.1) is 10.5 Å². The molecule has 3 rings (SSSR count). The van der Waals surface area contributed by atoms with Gasteiger partial charge >= 0.3 is 12.1 Å². The highest BCUT2D eigenvalue weighted by molar-refractivity contribution is 7.92. The Morgan fingerprint density at radius 2 is 1.66 bits per heavy atom. The van der Waals surface area contributed by atoms with Crippen molar-refractivity contribution in [2.75, 3.05) is 48.9 Å². The lowest BCUT2D eigenvalue weighted by atomic mass is 10.0. The molecule has 1 aliphatic rings. The fourth-order valence-corrected chi connectivity index (χ4v) is 5.17. The molecule has 0 saturated carbocycles. The third-order valence-corrected chi connectivity index (χ3v) is 7.88. The van der Waals surface area contributed by atoms with Crippen LogP contribution in [0.1, 0.15) is 62.4 Å². The summed E-state index contributed by atoms with van der Waals surface area (Å²) in [5.74, 6) is -2.50. The van der Waals surface area contributed by atoms with Gasteiger partial charge in [0.2, 0.25) is 0 Å². The number of halogens is 3. The first-order valence-electron chi connectivity index (χ1n) is 13.5. The van der Waals surface area contributed by atoms with Gasteiger partial charge < -0.3 is 20.2 Å². The maximum Gasteiger partial charge on any atom is 0.490 e. The molecule has 0 aromatic heterocycles. The van der Waals surface area contributed by atoms with Crippen LogP contribution in [-0.4, -0.2) is 75.7 Å². The van der Waals surface area contributed by atoms with Crippen LogP contribution in [0, 0.1) is 0 Å². The molecule has 0 radical (unpaired) electrons. The molecule has 228 valence electrons.